The minimum absolute atomic E-state index is 0.648. The standard InChI is InChI=1S/C17H29N3O/c1-5-14(6-2)11-19-17(18-3)20-12-15-8-7-9-16(10-15)13-21-4/h7-10,14H,5-6,11-13H2,1-4H3,(H2,18,19,20). The van der Waals surface area contributed by atoms with E-state index < -0.39 is 0 Å². The van der Waals surface area contributed by atoms with Gasteiger partial charge in [-0.3, -0.25) is 4.99 Å². The second kappa shape index (κ2) is 10.2. The molecule has 21 heavy (non-hydrogen) atoms. The maximum absolute atomic E-state index is 5.16. The van der Waals surface area contributed by atoms with Crippen LogP contribution in [0.5, 0.6) is 0 Å². The van der Waals surface area contributed by atoms with E-state index in [1.807, 2.05) is 7.05 Å². The van der Waals surface area contributed by atoms with Crippen LogP contribution >= 0.6 is 0 Å². The van der Waals surface area contributed by atoms with Crippen LogP contribution in [0.2, 0.25) is 0 Å². The smallest absolute Gasteiger partial charge is 0.191 e. The second-order valence-corrected chi connectivity index (χ2v) is 5.24. The third-order valence-corrected chi connectivity index (χ3v) is 3.70. The van der Waals surface area contributed by atoms with Gasteiger partial charge >= 0.3 is 0 Å². The summed E-state index contributed by atoms with van der Waals surface area (Å²) in [5, 5.41) is 6.75. The van der Waals surface area contributed by atoms with Crippen molar-refractivity contribution in [2.24, 2.45) is 10.9 Å². The lowest BCUT2D eigenvalue weighted by Gasteiger charge is -2.17. The van der Waals surface area contributed by atoms with Crippen LogP contribution in [0.3, 0.4) is 0 Å². The Hall–Kier alpha value is -1.55. The van der Waals surface area contributed by atoms with E-state index in [9.17, 15) is 0 Å². The zero-order valence-corrected chi connectivity index (χ0v) is 13.8. The van der Waals surface area contributed by atoms with Crippen molar-refractivity contribution in [1.29, 1.82) is 0 Å². The molecule has 0 amide bonds. The van der Waals surface area contributed by atoms with Gasteiger partial charge in [0.2, 0.25) is 0 Å². The number of hydrogen-bond donors (Lipinski definition) is 2. The van der Waals surface area contributed by atoms with Gasteiger partial charge in [-0.1, -0.05) is 51.0 Å². The molecular weight excluding hydrogens is 262 g/mol. The Balaban J connectivity index is 2.46. The summed E-state index contributed by atoms with van der Waals surface area (Å²) in [5.74, 6) is 1.56. The van der Waals surface area contributed by atoms with Crippen LogP contribution in [0.25, 0.3) is 0 Å². The van der Waals surface area contributed by atoms with Gasteiger partial charge in [0.15, 0.2) is 5.96 Å². The number of nitrogens with zero attached hydrogens (tertiary/aromatic N) is 1. The number of aliphatic imine (C=N–C) groups is 1. The topological polar surface area (TPSA) is 45.7 Å². The first kappa shape index (κ1) is 17.5. The average molecular weight is 291 g/mol. The van der Waals surface area contributed by atoms with Gasteiger partial charge in [0, 0.05) is 27.2 Å². The van der Waals surface area contributed by atoms with Crippen molar-refractivity contribution in [1.82, 2.24) is 10.6 Å². The Morgan fingerprint density at radius 3 is 2.52 bits per heavy atom. The normalized spacial score (nSPS) is 11.8. The lowest BCUT2D eigenvalue weighted by Crippen LogP contribution is -2.39. The van der Waals surface area contributed by atoms with Crippen molar-refractivity contribution in [2.75, 3.05) is 20.7 Å². The molecule has 118 valence electrons. The molecule has 0 fully saturated rings. The minimum Gasteiger partial charge on any atom is -0.380 e. The lowest BCUT2D eigenvalue weighted by molar-refractivity contribution is 0.185. The number of guanidine groups is 1. The molecular formula is C17H29N3O. The van der Waals surface area contributed by atoms with E-state index in [0.29, 0.717) is 12.5 Å². The Morgan fingerprint density at radius 1 is 1.19 bits per heavy atom. The first-order valence-corrected chi connectivity index (χ1v) is 7.74. The predicted octanol–water partition coefficient (Wildman–Crippen LogP) is 2.93. The van der Waals surface area contributed by atoms with Crippen molar-refractivity contribution in [3.05, 3.63) is 35.4 Å². The summed E-state index contributed by atoms with van der Waals surface area (Å²) in [7, 11) is 3.53. The van der Waals surface area contributed by atoms with Crippen LogP contribution in [0.15, 0.2) is 29.3 Å². The summed E-state index contributed by atoms with van der Waals surface area (Å²) >= 11 is 0. The van der Waals surface area contributed by atoms with E-state index in [-0.39, 0.29) is 0 Å². The van der Waals surface area contributed by atoms with Crippen molar-refractivity contribution in [3.63, 3.8) is 0 Å². The molecule has 0 radical (unpaired) electrons. The molecule has 0 unspecified atom stereocenters. The predicted molar refractivity (Wildman–Crippen MR) is 89.4 cm³/mol. The minimum atomic E-state index is 0.648. The highest BCUT2D eigenvalue weighted by Gasteiger charge is 2.05. The molecule has 4 heteroatoms. The van der Waals surface area contributed by atoms with E-state index >= 15 is 0 Å². The Bertz CT molecular complexity index is 428. The fourth-order valence-corrected chi connectivity index (χ4v) is 2.22. The molecule has 0 aromatic heterocycles. The third-order valence-electron chi connectivity index (χ3n) is 3.70. The lowest BCUT2D eigenvalue weighted by atomic mass is 10.0. The van der Waals surface area contributed by atoms with Gasteiger partial charge in [0.25, 0.3) is 0 Å². The summed E-state index contributed by atoms with van der Waals surface area (Å²) in [6.07, 6.45) is 2.39. The highest BCUT2D eigenvalue weighted by Crippen LogP contribution is 2.07. The summed E-state index contributed by atoms with van der Waals surface area (Å²) in [4.78, 5) is 4.27. The Labute approximate surface area is 129 Å². The highest BCUT2D eigenvalue weighted by molar-refractivity contribution is 5.79. The molecule has 0 saturated heterocycles. The fraction of sp³-hybridized carbons (Fsp3) is 0.588. The monoisotopic (exact) mass is 291 g/mol. The van der Waals surface area contributed by atoms with Crippen LogP contribution < -0.4 is 10.6 Å². The van der Waals surface area contributed by atoms with Crippen LogP contribution in [-0.2, 0) is 17.9 Å². The van der Waals surface area contributed by atoms with Crippen LogP contribution in [0.4, 0.5) is 0 Å². The van der Waals surface area contributed by atoms with Gasteiger partial charge in [-0.2, -0.15) is 0 Å². The van der Waals surface area contributed by atoms with Gasteiger partial charge in [0.1, 0.15) is 0 Å². The molecule has 0 aliphatic rings. The molecule has 0 spiro atoms. The van der Waals surface area contributed by atoms with Gasteiger partial charge in [0.05, 0.1) is 6.61 Å². The highest BCUT2D eigenvalue weighted by atomic mass is 16.5. The molecule has 2 N–H and O–H groups in total. The molecule has 1 aromatic rings. The fourth-order valence-electron chi connectivity index (χ4n) is 2.22. The molecule has 0 heterocycles. The van der Waals surface area contributed by atoms with E-state index in [1.165, 1.54) is 24.0 Å². The maximum Gasteiger partial charge on any atom is 0.191 e. The first-order chi connectivity index (χ1) is 10.2. The zero-order chi connectivity index (χ0) is 15.5. The first-order valence-electron chi connectivity index (χ1n) is 7.74. The number of nitrogens with one attached hydrogen (secondary N) is 2. The van der Waals surface area contributed by atoms with Crippen molar-refractivity contribution < 1.29 is 4.74 Å². The largest absolute Gasteiger partial charge is 0.380 e. The van der Waals surface area contributed by atoms with Crippen LogP contribution in [0, 0.1) is 5.92 Å². The van der Waals surface area contributed by atoms with Crippen LogP contribution in [-0.4, -0.2) is 26.7 Å². The number of benzene rings is 1. The SMILES string of the molecule is CCC(CC)CNC(=NC)NCc1cccc(COC)c1. The summed E-state index contributed by atoms with van der Waals surface area (Å²) in [5.41, 5.74) is 2.42. The molecule has 0 aliphatic heterocycles. The van der Waals surface area contributed by atoms with E-state index in [0.717, 1.165) is 19.0 Å². The number of hydrogen-bond acceptors (Lipinski definition) is 2. The summed E-state index contributed by atoms with van der Waals surface area (Å²) in [6.45, 7) is 6.84. The van der Waals surface area contributed by atoms with Gasteiger partial charge in [-0.05, 0) is 17.0 Å². The van der Waals surface area contributed by atoms with Gasteiger partial charge in [-0.15, -0.1) is 0 Å². The molecule has 0 atom stereocenters. The quantitative estimate of drug-likeness (QED) is 0.572. The van der Waals surface area contributed by atoms with Crippen molar-refractivity contribution in [3.8, 4) is 0 Å². The number of methoxy groups -OCH3 is 1. The third kappa shape index (κ3) is 6.63. The summed E-state index contributed by atoms with van der Waals surface area (Å²) in [6, 6.07) is 8.41. The Morgan fingerprint density at radius 2 is 1.90 bits per heavy atom. The van der Waals surface area contributed by atoms with E-state index in [2.05, 4.69) is 53.7 Å². The summed E-state index contributed by atoms with van der Waals surface area (Å²) < 4.78 is 5.16. The number of ether oxygens (including phenoxy) is 1. The number of rotatable bonds is 8. The van der Waals surface area contributed by atoms with E-state index in [4.69, 9.17) is 4.74 Å². The molecule has 0 bridgehead atoms. The average Bonchev–Trinajstić information content (AvgIpc) is 2.52. The van der Waals surface area contributed by atoms with E-state index in [1.54, 1.807) is 7.11 Å². The molecule has 4 nitrogen and oxygen atoms in total. The van der Waals surface area contributed by atoms with Crippen molar-refractivity contribution in [2.45, 2.75) is 39.8 Å². The second-order valence-electron chi connectivity index (χ2n) is 5.24. The molecule has 0 saturated carbocycles. The molecule has 1 rings (SSSR count). The maximum atomic E-state index is 5.16. The van der Waals surface area contributed by atoms with Crippen LogP contribution in [0.1, 0.15) is 37.8 Å². The zero-order valence-electron chi connectivity index (χ0n) is 13.8. The van der Waals surface area contributed by atoms with Gasteiger partial charge < -0.3 is 15.4 Å². The van der Waals surface area contributed by atoms with Crippen molar-refractivity contribution >= 4 is 5.96 Å². The molecule has 1 aromatic carbocycles. The van der Waals surface area contributed by atoms with Gasteiger partial charge in [-0.25, -0.2) is 0 Å². The Kier molecular flexibility index (Phi) is 8.51. The molecule has 0 aliphatic carbocycles.